The van der Waals surface area contributed by atoms with Gasteiger partial charge in [0.1, 0.15) is 0 Å². The van der Waals surface area contributed by atoms with E-state index in [2.05, 4.69) is 21.5 Å². The number of rotatable bonds is 6. The number of fused-ring (bicyclic) bond motifs is 2. The average molecular weight is 423 g/mol. The third kappa shape index (κ3) is 3.37. The van der Waals surface area contributed by atoms with E-state index in [1.165, 1.54) is 22.3 Å². The summed E-state index contributed by atoms with van der Waals surface area (Å²) in [6, 6.07) is 2.36. The third-order valence-corrected chi connectivity index (χ3v) is 7.69. The average Bonchev–Trinajstić information content (AvgIpc) is 3.47. The van der Waals surface area contributed by atoms with E-state index in [4.69, 9.17) is 4.74 Å². The molecule has 0 spiro atoms. The van der Waals surface area contributed by atoms with Gasteiger partial charge in [0.25, 0.3) is 0 Å². The lowest BCUT2D eigenvalue weighted by Gasteiger charge is -2.16. The maximum atomic E-state index is 13.5. The molecule has 1 N–H and O–H groups in total. The van der Waals surface area contributed by atoms with Gasteiger partial charge in [0.15, 0.2) is 12.3 Å². The van der Waals surface area contributed by atoms with Gasteiger partial charge in [-0.3, -0.25) is 4.21 Å². The van der Waals surface area contributed by atoms with E-state index in [1.807, 2.05) is 0 Å². The Hall–Kier alpha value is -1.45. The van der Waals surface area contributed by atoms with Gasteiger partial charge in [-0.25, -0.2) is 0 Å². The predicted octanol–water partition coefficient (Wildman–Crippen LogP) is 3.52. The number of aromatic nitrogens is 3. The van der Waals surface area contributed by atoms with E-state index < -0.39 is 10.8 Å². The van der Waals surface area contributed by atoms with Gasteiger partial charge in [-0.05, 0) is 73.1 Å². The van der Waals surface area contributed by atoms with Gasteiger partial charge in [0, 0.05) is 18.0 Å². The number of nitrogens with one attached hydrogen (secondary N) is 1. The first-order valence-corrected chi connectivity index (χ1v) is 11.9. The summed E-state index contributed by atoms with van der Waals surface area (Å²) in [7, 11) is -1.36. The lowest BCUT2D eigenvalue weighted by Crippen LogP contribution is -2.12. The Morgan fingerprint density at radius 2 is 2.00 bits per heavy atom. The van der Waals surface area contributed by atoms with Crippen LogP contribution in [-0.4, -0.2) is 37.3 Å². The summed E-state index contributed by atoms with van der Waals surface area (Å²) in [5, 5.41) is 7.69. The fraction of sp³-hybridized carbons (Fsp3) is 0.579. The maximum absolute atomic E-state index is 13.5. The largest absolute Gasteiger partial charge is 0.381 e. The molecule has 150 valence electrons. The highest BCUT2D eigenvalue weighted by Gasteiger charge is 2.27. The molecule has 1 aromatic carbocycles. The number of benzene rings is 1. The lowest BCUT2D eigenvalue weighted by molar-refractivity contribution is 0.189. The van der Waals surface area contributed by atoms with Gasteiger partial charge in [-0.15, -0.1) is 13.1 Å². The number of anilines is 2. The molecule has 9 heteroatoms. The normalized spacial score (nSPS) is 21.7. The number of nitrogens with zero attached hydrogens (tertiary/aromatic N) is 3. The highest BCUT2D eigenvalue weighted by atomic mass is 32.2. The van der Waals surface area contributed by atoms with Gasteiger partial charge in [0.05, 0.1) is 17.4 Å². The van der Waals surface area contributed by atoms with Crippen molar-refractivity contribution < 1.29 is 12.8 Å². The minimum atomic E-state index is -1.36. The smallest absolute Gasteiger partial charge is 0.241 e. The van der Waals surface area contributed by atoms with Gasteiger partial charge in [-0.2, -0.15) is 4.98 Å². The van der Waals surface area contributed by atoms with Crippen LogP contribution in [0.2, 0.25) is 0 Å². The second kappa shape index (κ2) is 7.76. The second-order valence-electron chi connectivity index (χ2n) is 7.76. The molecule has 0 bridgehead atoms. The number of hydrogen-bond donors (Lipinski definition) is 1. The van der Waals surface area contributed by atoms with Crippen LogP contribution in [0.4, 0.5) is 15.5 Å². The van der Waals surface area contributed by atoms with Crippen molar-refractivity contribution in [1.29, 1.82) is 0 Å². The van der Waals surface area contributed by atoms with Crippen LogP contribution in [0.5, 0.6) is 0 Å². The molecule has 2 aliphatic carbocycles. The molecular formula is C19H23FN4O2S2. The monoisotopic (exact) mass is 422 g/mol. The zero-order valence-electron chi connectivity index (χ0n) is 15.6. The van der Waals surface area contributed by atoms with Crippen molar-refractivity contribution in [3.05, 3.63) is 28.3 Å². The van der Waals surface area contributed by atoms with E-state index in [1.54, 1.807) is 0 Å². The van der Waals surface area contributed by atoms with Crippen LogP contribution in [0.15, 0.2) is 11.2 Å². The molecule has 2 aromatic rings. The Balaban J connectivity index is 1.45. The molecule has 1 aromatic heterocycles. The lowest BCUT2D eigenvalue weighted by atomic mass is 9.99. The van der Waals surface area contributed by atoms with Crippen molar-refractivity contribution in [2.45, 2.75) is 50.1 Å². The summed E-state index contributed by atoms with van der Waals surface area (Å²) in [6.45, 7) is 1.33. The molecule has 2 atom stereocenters. The molecule has 3 aliphatic rings. The van der Waals surface area contributed by atoms with Crippen molar-refractivity contribution >= 4 is 34.8 Å². The van der Waals surface area contributed by atoms with E-state index in [0.29, 0.717) is 24.9 Å². The van der Waals surface area contributed by atoms with Crippen LogP contribution in [-0.2, 0) is 41.2 Å². The first kappa shape index (κ1) is 18.6. The molecule has 0 radical (unpaired) electrons. The Morgan fingerprint density at radius 3 is 2.64 bits per heavy atom. The molecular weight excluding hydrogens is 399 g/mol. The van der Waals surface area contributed by atoms with Crippen molar-refractivity contribution in [3.8, 4) is 0 Å². The van der Waals surface area contributed by atoms with Crippen LogP contribution in [0.25, 0.3) is 0 Å². The van der Waals surface area contributed by atoms with E-state index in [-0.39, 0.29) is 23.4 Å². The summed E-state index contributed by atoms with van der Waals surface area (Å²) in [6.07, 6.45) is 7.45. The number of hydrogen-bond acceptors (Lipinski definition) is 6. The molecule has 0 saturated carbocycles. The van der Waals surface area contributed by atoms with Crippen molar-refractivity contribution in [2.75, 3.05) is 24.3 Å². The molecule has 2 unspecified atom stereocenters. The molecule has 5 rings (SSSR count). The van der Waals surface area contributed by atoms with Crippen LogP contribution in [0.1, 0.15) is 41.5 Å². The second-order valence-corrected chi connectivity index (χ2v) is 9.63. The SMILES string of the molecule is O=S(CC1CCOC1)c1nc(Nc2c3c(cc4c2CCC4)CCC3)n(SF)n1. The van der Waals surface area contributed by atoms with Crippen molar-refractivity contribution in [2.24, 2.45) is 5.92 Å². The number of halogens is 1. The molecule has 28 heavy (non-hydrogen) atoms. The van der Waals surface area contributed by atoms with Crippen molar-refractivity contribution in [3.63, 3.8) is 0 Å². The zero-order valence-corrected chi connectivity index (χ0v) is 17.2. The summed E-state index contributed by atoms with van der Waals surface area (Å²) in [4.78, 5) is 4.41. The van der Waals surface area contributed by atoms with Crippen LogP contribution < -0.4 is 5.32 Å². The summed E-state index contributed by atoms with van der Waals surface area (Å²) < 4.78 is 32.7. The topological polar surface area (TPSA) is 69.0 Å². The van der Waals surface area contributed by atoms with E-state index in [9.17, 15) is 8.09 Å². The standard InChI is InChI=1S/C19H23FN4O2S2/c20-27-24-18(22-19(23-24)28(25)11-12-7-8-26-10-12)21-17-15-5-1-3-13(15)9-14-4-2-6-16(14)17/h9,12H,1-8,10-11H2,(H,21,22,23). The fourth-order valence-corrected chi connectivity index (χ4v) is 6.10. The summed E-state index contributed by atoms with van der Waals surface area (Å²) in [5.41, 5.74) is 6.51. The third-order valence-electron chi connectivity index (χ3n) is 5.95. The zero-order chi connectivity index (χ0) is 19.1. The minimum Gasteiger partial charge on any atom is -0.381 e. The van der Waals surface area contributed by atoms with Gasteiger partial charge in [0.2, 0.25) is 11.1 Å². The van der Waals surface area contributed by atoms with Crippen LogP contribution >= 0.6 is 12.3 Å². The van der Waals surface area contributed by atoms with E-state index in [0.717, 1.165) is 54.7 Å². The highest BCUT2D eigenvalue weighted by Crippen LogP contribution is 2.40. The molecule has 1 aliphatic heterocycles. The van der Waals surface area contributed by atoms with Gasteiger partial charge >= 0.3 is 0 Å². The van der Waals surface area contributed by atoms with Crippen LogP contribution in [0.3, 0.4) is 0 Å². The number of ether oxygens (including phenoxy) is 1. The first-order chi connectivity index (χ1) is 13.7. The molecule has 6 nitrogen and oxygen atoms in total. The first-order valence-electron chi connectivity index (χ1n) is 9.88. The molecule has 1 fully saturated rings. The minimum absolute atomic E-state index is 0.0164. The van der Waals surface area contributed by atoms with E-state index >= 15 is 0 Å². The molecule has 1 saturated heterocycles. The molecule has 0 amide bonds. The summed E-state index contributed by atoms with van der Waals surface area (Å²) in [5.74, 6) is 1.02. The Bertz CT molecular complexity index is 895. The van der Waals surface area contributed by atoms with Gasteiger partial charge in [-0.1, -0.05) is 6.07 Å². The Morgan fingerprint density at radius 1 is 1.25 bits per heavy atom. The molecule has 2 heterocycles. The highest BCUT2D eigenvalue weighted by molar-refractivity contribution is 7.92. The Labute approximate surface area is 170 Å². The quantitative estimate of drug-likeness (QED) is 0.768. The summed E-state index contributed by atoms with van der Waals surface area (Å²) >= 11 is -0.0164. The Kier molecular flexibility index (Phi) is 5.15. The number of aryl methyl sites for hydroxylation is 2. The van der Waals surface area contributed by atoms with Crippen LogP contribution in [0, 0.1) is 5.92 Å². The predicted molar refractivity (Wildman–Crippen MR) is 108 cm³/mol. The van der Waals surface area contributed by atoms with Gasteiger partial charge < -0.3 is 10.1 Å². The van der Waals surface area contributed by atoms with Crippen molar-refractivity contribution in [1.82, 2.24) is 14.2 Å². The fourth-order valence-electron chi connectivity index (χ4n) is 4.58. The maximum Gasteiger partial charge on any atom is 0.241 e.